The predicted molar refractivity (Wildman–Crippen MR) is 123 cm³/mol. The minimum absolute atomic E-state index is 0.0177. The van der Waals surface area contributed by atoms with Crippen molar-refractivity contribution < 1.29 is 14.3 Å². The molecule has 168 valence electrons. The summed E-state index contributed by atoms with van der Waals surface area (Å²) in [5.74, 6) is 0.139. The van der Waals surface area contributed by atoms with Gasteiger partial charge in [-0.3, -0.25) is 9.59 Å². The molecule has 1 aromatic carbocycles. The number of carbonyl (C=O) groups excluding carboxylic acids is 2. The van der Waals surface area contributed by atoms with Gasteiger partial charge in [0.05, 0.1) is 5.56 Å². The van der Waals surface area contributed by atoms with Gasteiger partial charge >= 0.3 is 0 Å². The van der Waals surface area contributed by atoms with Crippen LogP contribution in [0, 0.1) is 26.7 Å². The van der Waals surface area contributed by atoms with E-state index in [4.69, 9.17) is 4.74 Å². The second-order valence-electron chi connectivity index (χ2n) is 8.37. The molecule has 0 aliphatic carbocycles. The number of ether oxygens (including phenoxy) is 1. The molecule has 0 radical (unpaired) electrons. The fourth-order valence-corrected chi connectivity index (χ4v) is 4.33. The number of carbonyl (C=O) groups is 2. The van der Waals surface area contributed by atoms with Crippen molar-refractivity contribution in [1.82, 2.24) is 14.8 Å². The van der Waals surface area contributed by atoms with Gasteiger partial charge in [0, 0.05) is 55.8 Å². The van der Waals surface area contributed by atoms with Gasteiger partial charge in [0.25, 0.3) is 5.91 Å². The summed E-state index contributed by atoms with van der Waals surface area (Å²) in [4.78, 5) is 27.5. The fraction of sp³-hybridized carbons (Fsp3) is 0.520. The summed E-state index contributed by atoms with van der Waals surface area (Å²) in [6.45, 7) is 11.3. The van der Waals surface area contributed by atoms with Gasteiger partial charge in [-0.25, -0.2) is 0 Å². The van der Waals surface area contributed by atoms with Crippen molar-refractivity contribution in [2.45, 2.75) is 47.0 Å². The van der Waals surface area contributed by atoms with Crippen molar-refractivity contribution in [2.24, 2.45) is 5.92 Å². The van der Waals surface area contributed by atoms with E-state index in [0.29, 0.717) is 45.7 Å². The number of piperidine rings is 1. The third kappa shape index (κ3) is 5.56. The Hall–Kier alpha value is -2.60. The summed E-state index contributed by atoms with van der Waals surface area (Å²) < 4.78 is 7.44. The quantitative estimate of drug-likeness (QED) is 0.655. The van der Waals surface area contributed by atoms with Gasteiger partial charge in [0.15, 0.2) is 0 Å². The van der Waals surface area contributed by atoms with E-state index in [1.165, 1.54) is 5.56 Å². The molecule has 0 saturated carbocycles. The first-order valence-corrected chi connectivity index (χ1v) is 11.3. The van der Waals surface area contributed by atoms with E-state index in [1.807, 2.05) is 37.8 Å². The number of aryl methyl sites for hydroxylation is 2. The smallest absolute Gasteiger partial charge is 0.255 e. The lowest BCUT2D eigenvalue weighted by atomic mass is 9.95. The maximum atomic E-state index is 13.2. The summed E-state index contributed by atoms with van der Waals surface area (Å²) in [6, 6.07) is 10.3. The molecule has 1 aliphatic heterocycles. The Bertz CT molecular complexity index is 911. The van der Waals surface area contributed by atoms with E-state index in [9.17, 15) is 9.59 Å². The topological polar surface area (TPSA) is 63.6 Å². The van der Waals surface area contributed by atoms with E-state index >= 15 is 0 Å². The molecular weight excluding hydrogens is 390 g/mol. The maximum Gasteiger partial charge on any atom is 0.255 e. The molecule has 1 aliphatic rings. The summed E-state index contributed by atoms with van der Waals surface area (Å²) in [7, 11) is 0. The molecule has 3 rings (SSSR count). The molecule has 1 N–H and O–H groups in total. The van der Waals surface area contributed by atoms with Crippen LogP contribution < -0.4 is 5.32 Å². The van der Waals surface area contributed by atoms with E-state index in [2.05, 4.69) is 35.0 Å². The average molecular weight is 426 g/mol. The van der Waals surface area contributed by atoms with E-state index in [-0.39, 0.29) is 17.7 Å². The largest absolute Gasteiger partial charge is 0.382 e. The van der Waals surface area contributed by atoms with Gasteiger partial charge in [-0.1, -0.05) is 12.1 Å². The molecule has 0 bridgehead atoms. The second kappa shape index (κ2) is 10.6. The Balaban J connectivity index is 1.59. The molecule has 2 heterocycles. The van der Waals surface area contributed by atoms with Gasteiger partial charge in [-0.05, 0) is 70.7 Å². The molecule has 0 atom stereocenters. The Morgan fingerprint density at radius 1 is 1.13 bits per heavy atom. The molecule has 31 heavy (non-hydrogen) atoms. The fourth-order valence-electron chi connectivity index (χ4n) is 4.33. The number of nitrogens with one attached hydrogen (secondary N) is 1. The van der Waals surface area contributed by atoms with Crippen LogP contribution in [-0.2, 0) is 9.53 Å². The molecule has 6 nitrogen and oxygen atoms in total. The Kier molecular flexibility index (Phi) is 7.91. The summed E-state index contributed by atoms with van der Waals surface area (Å²) >= 11 is 0. The number of hydrogen-bond acceptors (Lipinski definition) is 3. The first-order valence-electron chi connectivity index (χ1n) is 11.3. The van der Waals surface area contributed by atoms with Crippen molar-refractivity contribution in [3.8, 4) is 5.69 Å². The molecule has 2 aromatic rings. The summed E-state index contributed by atoms with van der Waals surface area (Å²) in [5.41, 5.74) is 5.03. The van der Waals surface area contributed by atoms with E-state index in [0.717, 1.165) is 29.1 Å². The summed E-state index contributed by atoms with van der Waals surface area (Å²) in [6.07, 6.45) is 2.24. The van der Waals surface area contributed by atoms with Crippen molar-refractivity contribution in [3.63, 3.8) is 0 Å². The van der Waals surface area contributed by atoms with Crippen LogP contribution in [0.4, 0.5) is 0 Å². The van der Waals surface area contributed by atoms with Gasteiger partial charge in [0.1, 0.15) is 0 Å². The molecule has 1 saturated heterocycles. The third-order valence-electron chi connectivity index (χ3n) is 6.04. The molecule has 0 spiro atoms. The van der Waals surface area contributed by atoms with Crippen molar-refractivity contribution in [1.29, 1.82) is 0 Å². The number of nitrogens with zero attached hydrogens (tertiary/aromatic N) is 2. The Labute approximate surface area is 185 Å². The van der Waals surface area contributed by atoms with Crippen molar-refractivity contribution in [2.75, 3.05) is 32.8 Å². The minimum Gasteiger partial charge on any atom is -0.382 e. The molecule has 1 fully saturated rings. The van der Waals surface area contributed by atoms with Gasteiger partial charge < -0.3 is 19.5 Å². The second-order valence-corrected chi connectivity index (χ2v) is 8.37. The van der Waals surface area contributed by atoms with Crippen LogP contribution in [0.3, 0.4) is 0 Å². The van der Waals surface area contributed by atoms with Crippen LogP contribution in [0.15, 0.2) is 30.3 Å². The number of rotatable bonds is 8. The number of benzene rings is 1. The zero-order valence-corrected chi connectivity index (χ0v) is 19.2. The number of likely N-dealkylation sites (tertiary alicyclic amines) is 1. The normalized spacial score (nSPS) is 14.6. The molecule has 0 unspecified atom stereocenters. The highest BCUT2D eigenvalue weighted by Crippen LogP contribution is 2.25. The first kappa shape index (κ1) is 23.1. The van der Waals surface area contributed by atoms with E-state index in [1.54, 1.807) is 0 Å². The zero-order valence-electron chi connectivity index (χ0n) is 19.2. The van der Waals surface area contributed by atoms with Crippen molar-refractivity contribution in [3.05, 3.63) is 52.8 Å². The number of aromatic nitrogens is 1. The van der Waals surface area contributed by atoms with Crippen LogP contribution in [0.2, 0.25) is 0 Å². The molecular formula is C25H35N3O3. The Morgan fingerprint density at radius 2 is 1.87 bits per heavy atom. The lowest BCUT2D eigenvalue weighted by Gasteiger charge is -2.31. The molecule has 1 aromatic heterocycles. The Morgan fingerprint density at radius 3 is 2.55 bits per heavy atom. The number of hydrogen-bond donors (Lipinski definition) is 1. The van der Waals surface area contributed by atoms with Gasteiger partial charge in [-0.15, -0.1) is 0 Å². The average Bonchev–Trinajstić information content (AvgIpc) is 3.07. The predicted octanol–water partition coefficient (Wildman–Crippen LogP) is 3.80. The van der Waals surface area contributed by atoms with Crippen molar-refractivity contribution >= 4 is 11.8 Å². The van der Waals surface area contributed by atoms with Crippen LogP contribution in [0.1, 0.15) is 53.5 Å². The highest BCUT2D eigenvalue weighted by atomic mass is 16.5. The van der Waals surface area contributed by atoms with E-state index < -0.39 is 0 Å². The van der Waals surface area contributed by atoms with Crippen LogP contribution in [0.5, 0.6) is 0 Å². The maximum absolute atomic E-state index is 13.2. The molecule has 2 amide bonds. The highest BCUT2D eigenvalue weighted by Gasteiger charge is 2.29. The molecule has 6 heteroatoms. The first-order chi connectivity index (χ1) is 14.9. The SMILES string of the molecule is CCOCCCNC(=O)C1CCN(C(=O)c2cc(C)n(-c3cccc(C)c3)c2C)CC1. The van der Waals surface area contributed by atoms with Crippen LogP contribution in [-0.4, -0.2) is 54.1 Å². The minimum atomic E-state index is -0.0177. The van der Waals surface area contributed by atoms with Gasteiger partial charge in [-0.2, -0.15) is 0 Å². The monoisotopic (exact) mass is 425 g/mol. The lowest BCUT2D eigenvalue weighted by Crippen LogP contribution is -2.43. The van der Waals surface area contributed by atoms with Crippen LogP contribution in [0.25, 0.3) is 5.69 Å². The van der Waals surface area contributed by atoms with Gasteiger partial charge in [0.2, 0.25) is 5.91 Å². The standard InChI is InChI=1S/C25H35N3O3/c1-5-31-15-7-12-26-24(29)21-10-13-27(14-11-21)25(30)23-17-19(3)28(20(23)4)22-9-6-8-18(2)16-22/h6,8-9,16-17,21H,5,7,10-15H2,1-4H3,(H,26,29). The highest BCUT2D eigenvalue weighted by molar-refractivity contribution is 5.96. The zero-order chi connectivity index (χ0) is 22.4. The third-order valence-corrected chi connectivity index (χ3v) is 6.04. The summed E-state index contributed by atoms with van der Waals surface area (Å²) in [5, 5.41) is 3.00. The lowest BCUT2D eigenvalue weighted by molar-refractivity contribution is -0.126. The number of amides is 2. The van der Waals surface area contributed by atoms with Crippen LogP contribution >= 0.6 is 0 Å².